The van der Waals surface area contributed by atoms with Crippen LogP contribution in [0.5, 0.6) is 0 Å². The highest BCUT2D eigenvalue weighted by atomic mass is 32.2. The van der Waals surface area contributed by atoms with Gasteiger partial charge < -0.3 is 4.90 Å². The van der Waals surface area contributed by atoms with E-state index in [1.165, 1.54) is 0 Å². The predicted octanol–water partition coefficient (Wildman–Crippen LogP) is 4.45. The van der Waals surface area contributed by atoms with Crippen LogP contribution in [-0.4, -0.2) is 29.1 Å². The fourth-order valence-electron chi connectivity index (χ4n) is 1.92. The van der Waals surface area contributed by atoms with Crippen LogP contribution >= 0.6 is 11.8 Å². The van der Waals surface area contributed by atoms with Crippen LogP contribution in [0, 0.1) is 0 Å². The van der Waals surface area contributed by atoms with Crippen LogP contribution < -0.4 is 0 Å². The van der Waals surface area contributed by atoms with Gasteiger partial charge >= 0.3 is 0 Å². The van der Waals surface area contributed by atoms with Gasteiger partial charge in [-0.3, -0.25) is 4.79 Å². The van der Waals surface area contributed by atoms with E-state index in [9.17, 15) is 4.79 Å². The Morgan fingerprint density at radius 1 is 1.26 bits per heavy atom. The molecule has 1 aromatic rings. The SMILES string of the molecule is CCCCN(CC)C(=O)c1ccccc1SC(C)C. The molecule has 0 saturated heterocycles. The van der Waals surface area contributed by atoms with Crippen molar-refractivity contribution in [1.29, 1.82) is 0 Å². The topological polar surface area (TPSA) is 20.3 Å². The van der Waals surface area contributed by atoms with Crippen molar-refractivity contribution in [3.8, 4) is 0 Å². The first-order chi connectivity index (χ1) is 9.10. The maximum absolute atomic E-state index is 12.6. The second-order valence-electron chi connectivity index (χ2n) is 4.90. The van der Waals surface area contributed by atoms with E-state index in [1.54, 1.807) is 11.8 Å². The Labute approximate surface area is 121 Å². The molecule has 0 unspecified atom stereocenters. The van der Waals surface area contributed by atoms with Crippen LogP contribution in [-0.2, 0) is 0 Å². The molecule has 0 heterocycles. The summed E-state index contributed by atoms with van der Waals surface area (Å²) in [6.45, 7) is 10.1. The van der Waals surface area contributed by atoms with Crippen LogP contribution in [0.2, 0.25) is 0 Å². The van der Waals surface area contributed by atoms with Crippen molar-refractivity contribution in [2.45, 2.75) is 50.7 Å². The standard InChI is InChI=1S/C16H25NOS/c1-5-7-12-17(6-2)16(18)14-10-8-9-11-15(14)19-13(3)4/h8-11,13H,5-7,12H2,1-4H3. The lowest BCUT2D eigenvalue weighted by Gasteiger charge is -2.22. The number of benzene rings is 1. The minimum atomic E-state index is 0.166. The molecule has 0 radical (unpaired) electrons. The highest BCUT2D eigenvalue weighted by Gasteiger charge is 2.17. The molecule has 0 aliphatic carbocycles. The van der Waals surface area contributed by atoms with Crippen molar-refractivity contribution in [3.63, 3.8) is 0 Å². The average molecular weight is 279 g/mol. The lowest BCUT2D eigenvalue weighted by molar-refractivity contribution is 0.0759. The first kappa shape index (κ1) is 16.1. The van der Waals surface area contributed by atoms with Crippen LogP contribution in [0.3, 0.4) is 0 Å². The molecule has 0 saturated carbocycles. The van der Waals surface area contributed by atoms with Gasteiger partial charge in [-0.1, -0.05) is 39.3 Å². The zero-order valence-corrected chi connectivity index (χ0v) is 13.3. The minimum Gasteiger partial charge on any atom is -0.339 e. The maximum Gasteiger partial charge on any atom is 0.254 e. The number of hydrogen-bond acceptors (Lipinski definition) is 2. The van der Waals surface area contributed by atoms with Gasteiger partial charge in [0.2, 0.25) is 0 Å². The van der Waals surface area contributed by atoms with Gasteiger partial charge in [-0.15, -0.1) is 11.8 Å². The summed E-state index contributed by atoms with van der Waals surface area (Å²) in [5.74, 6) is 0.166. The molecule has 1 rings (SSSR count). The molecular formula is C16H25NOS. The highest BCUT2D eigenvalue weighted by molar-refractivity contribution is 8.00. The fourth-order valence-corrected chi connectivity index (χ4v) is 2.87. The second kappa shape index (κ2) is 8.26. The van der Waals surface area contributed by atoms with E-state index < -0.39 is 0 Å². The van der Waals surface area contributed by atoms with Gasteiger partial charge in [-0.2, -0.15) is 0 Å². The largest absolute Gasteiger partial charge is 0.339 e. The summed E-state index contributed by atoms with van der Waals surface area (Å²) in [6, 6.07) is 7.95. The average Bonchev–Trinajstić information content (AvgIpc) is 2.39. The number of thioether (sulfide) groups is 1. The van der Waals surface area contributed by atoms with Gasteiger partial charge in [0.15, 0.2) is 0 Å². The minimum absolute atomic E-state index is 0.166. The Kier molecular flexibility index (Phi) is 7.00. The number of carbonyl (C=O) groups excluding carboxylic acids is 1. The van der Waals surface area contributed by atoms with E-state index in [4.69, 9.17) is 0 Å². The first-order valence-electron chi connectivity index (χ1n) is 7.15. The van der Waals surface area contributed by atoms with E-state index in [0.717, 1.165) is 36.4 Å². The molecule has 1 aromatic carbocycles. The molecule has 3 heteroatoms. The molecule has 19 heavy (non-hydrogen) atoms. The van der Waals surface area contributed by atoms with Gasteiger partial charge in [0, 0.05) is 23.2 Å². The summed E-state index contributed by atoms with van der Waals surface area (Å²) in [5.41, 5.74) is 0.846. The normalized spacial score (nSPS) is 10.8. The molecular weight excluding hydrogens is 254 g/mol. The number of rotatable bonds is 7. The molecule has 106 valence electrons. The Balaban J connectivity index is 2.90. The monoisotopic (exact) mass is 279 g/mol. The molecule has 0 N–H and O–H groups in total. The summed E-state index contributed by atoms with van der Waals surface area (Å²) in [4.78, 5) is 15.6. The molecule has 0 fully saturated rings. The van der Waals surface area contributed by atoms with Crippen LogP contribution in [0.1, 0.15) is 50.9 Å². The smallest absolute Gasteiger partial charge is 0.254 e. The quantitative estimate of drug-likeness (QED) is 0.687. The van der Waals surface area contributed by atoms with Gasteiger partial charge in [-0.25, -0.2) is 0 Å². The Bertz CT molecular complexity index is 403. The van der Waals surface area contributed by atoms with E-state index in [2.05, 4.69) is 20.8 Å². The molecule has 1 amide bonds. The Morgan fingerprint density at radius 2 is 1.95 bits per heavy atom. The first-order valence-corrected chi connectivity index (χ1v) is 8.03. The van der Waals surface area contributed by atoms with Crippen molar-refractivity contribution in [3.05, 3.63) is 29.8 Å². The zero-order valence-electron chi connectivity index (χ0n) is 12.5. The van der Waals surface area contributed by atoms with Crippen molar-refractivity contribution in [2.75, 3.05) is 13.1 Å². The number of unbranched alkanes of at least 4 members (excludes halogenated alkanes) is 1. The van der Waals surface area contributed by atoms with E-state index >= 15 is 0 Å². The molecule has 0 aliphatic rings. The highest BCUT2D eigenvalue weighted by Crippen LogP contribution is 2.27. The molecule has 0 aromatic heterocycles. The summed E-state index contributed by atoms with van der Waals surface area (Å²) < 4.78 is 0. The fraction of sp³-hybridized carbons (Fsp3) is 0.562. The molecule has 0 bridgehead atoms. The summed E-state index contributed by atoms with van der Waals surface area (Å²) in [6.07, 6.45) is 2.19. The van der Waals surface area contributed by atoms with Crippen LogP contribution in [0.15, 0.2) is 29.2 Å². The van der Waals surface area contributed by atoms with Gasteiger partial charge in [0.1, 0.15) is 0 Å². The maximum atomic E-state index is 12.6. The lowest BCUT2D eigenvalue weighted by atomic mass is 10.2. The summed E-state index contributed by atoms with van der Waals surface area (Å²) in [7, 11) is 0. The summed E-state index contributed by atoms with van der Waals surface area (Å²) >= 11 is 1.76. The summed E-state index contributed by atoms with van der Waals surface area (Å²) in [5, 5.41) is 0.486. The predicted molar refractivity (Wildman–Crippen MR) is 83.9 cm³/mol. The van der Waals surface area contributed by atoms with Crippen LogP contribution in [0.4, 0.5) is 0 Å². The van der Waals surface area contributed by atoms with Crippen LogP contribution in [0.25, 0.3) is 0 Å². The van der Waals surface area contributed by atoms with Crippen molar-refractivity contribution in [2.24, 2.45) is 0 Å². The number of hydrogen-bond donors (Lipinski definition) is 0. The van der Waals surface area contributed by atoms with Gasteiger partial charge in [0.25, 0.3) is 5.91 Å². The van der Waals surface area contributed by atoms with Gasteiger partial charge in [0.05, 0.1) is 5.56 Å². The molecule has 0 atom stereocenters. The number of carbonyl (C=O) groups is 1. The lowest BCUT2D eigenvalue weighted by Crippen LogP contribution is -2.32. The number of amides is 1. The third-order valence-electron chi connectivity index (χ3n) is 2.93. The Morgan fingerprint density at radius 3 is 2.53 bits per heavy atom. The van der Waals surface area contributed by atoms with Crippen molar-refractivity contribution >= 4 is 17.7 Å². The third kappa shape index (κ3) is 4.90. The molecule has 0 spiro atoms. The molecule has 0 aliphatic heterocycles. The van der Waals surface area contributed by atoms with E-state index in [1.807, 2.05) is 36.1 Å². The zero-order chi connectivity index (χ0) is 14.3. The van der Waals surface area contributed by atoms with E-state index in [-0.39, 0.29) is 5.91 Å². The van der Waals surface area contributed by atoms with Gasteiger partial charge in [-0.05, 0) is 25.5 Å². The van der Waals surface area contributed by atoms with Crippen molar-refractivity contribution in [1.82, 2.24) is 4.90 Å². The third-order valence-corrected chi connectivity index (χ3v) is 4.01. The van der Waals surface area contributed by atoms with Crippen molar-refractivity contribution < 1.29 is 4.79 Å². The second-order valence-corrected chi connectivity index (χ2v) is 6.52. The Hall–Kier alpha value is -0.960. The molecule has 2 nitrogen and oxygen atoms in total. The van der Waals surface area contributed by atoms with E-state index in [0.29, 0.717) is 5.25 Å². The number of nitrogens with zero attached hydrogens (tertiary/aromatic N) is 1.